The van der Waals surface area contributed by atoms with Crippen LogP contribution >= 0.6 is 0 Å². The highest BCUT2D eigenvalue weighted by Crippen LogP contribution is 2.18. The number of aromatic nitrogens is 3. The fourth-order valence-corrected chi connectivity index (χ4v) is 3.74. The zero-order chi connectivity index (χ0) is 14.9. The summed E-state index contributed by atoms with van der Waals surface area (Å²) >= 11 is 0. The Morgan fingerprint density at radius 1 is 1.10 bits per heavy atom. The van der Waals surface area contributed by atoms with Gasteiger partial charge in [-0.25, -0.2) is 18.4 Å². The van der Waals surface area contributed by atoms with Gasteiger partial charge in [-0.1, -0.05) is 6.07 Å². The van der Waals surface area contributed by atoms with Crippen molar-refractivity contribution in [3.05, 3.63) is 36.9 Å². The lowest BCUT2D eigenvalue weighted by Crippen LogP contribution is -2.49. The van der Waals surface area contributed by atoms with Crippen LogP contribution in [0.4, 0.5) is 5.82 Å². The highest BCUT2D eigenvalue weighted by Gasteiger charge is 2.30. The van der Waals surface area contributed by atoms with Gasteiger partial charge in [-0.2, -0.15) is 4.31 Å². The number of anilines is 1. The summed E-state index contributed by atoms with van der Waals surface area (Å²) in [6.45, 7) is 2.14. The lowest BCUT2D eigenvalue weighted by atomic mass is 10.3. The van der Waals surface area contributed by atoms with E-state index >= 15 is 0 Å². The molecule has 1 saturated heterocycles. The summed E-state index contributed by atoms with van der Waals surface area (Å²) in [4.78, 5) is 10.3. The number of nitrogens with zero attached hydrogens (tertiary/aromatic N) is 5. The van der Waals surface area contributed by atoms with Crippen molar-refractivity contribution in [3.8, 4) is 0 Å². The molecule has 1 aliphatic heterocycles. The summed E-state index contributed by atoms with van der Waals surface area (Å²) in [6.07, 6.45) is 4.77. The summed E-state index contributed by atoms with van der Waals surface area (Å²) < 4.78 is 28.0. The molecule has 1 aliphatic rings. The lowest BCUT2D eigenvalue weighted by molar-refractivity contribution is 0.382. The van der Waals surface area contributed by atoms with Gasteiger partial charge in [0, 0.05) is 45.6 Å². The van der Waals surface area contributed by atoms with Crippen LogP contribution in [0.2, 0.25) is 0 Å². The van der Waals surface area contributed by atoms with E-state index in [9.17, 15) is 8.42 Å². The molecule has 2 aromatic heterocycles. The van der Waals surface area contributed by atoms with Gasteiger partial charge in [0.1, 0.15) is 5.82 Å². The molecule has 0 aromatic carbocycles. The second-order valence-electron chi connectivity index (χ2n) is 4.96. The largest absolute Gasteiger partial charge is 0.354 e. The van der Waals surface area contributed by atoms with Gasteiger partial charge in [0.05, 0.1) is 6.33 Å². The molecule has 0 radical (unpaired) electrons. The van der Waals surface area contributed by atoms with Crippen LogP contribution in [-0.2, 0) is 17.1 Å². The van der Waals surface area contributed by atoms with E-state index in [1.807, 2.05) is 18.2 Å². The number of imidazole rings is 1. The Bertz CT molecular complexity index is 705. The predicted octanol–water partition coefficient (Wildman–Crippen LogP) is 0.326. The van der Waals surface area contributed by atoms with Gasteiger partial charge >= 0.3 is 0 Å². The Labute approximate surface area is 123 Å². The van der Waals surface area contributed by atoms with Crippen molar-refractivity contribution in [2.24, 2.45) is 7.05 Å². The molecule has 8 heteroatoms. The first-order valence-electron chi connectivity index (χ1n) is 6.71. The fraction of sp³-hybridized carbons (Fsp3) is 0.385. The molecule has 0 bridgehead atoms. The summed E-state index contributed by atoms with van der Waals surface area (Å²) in [5.41, 5.74) is 0. The first kappa shape index (κ1) is 14.0. The maximum absolute atomic E-state index is 12.5. The number of rotatable bonds is 3. The Balaban J connectivity index is 1.71. The minimum Gasteiger partial charge on any atom is -0.354 e. The molecular formula is C13H17N5O2S. The van der Waals surface area contributed by atoms with Gasteiger partial charge in [-0.05, 0) is 12.1 Å². The van der Waals surface area contributed by atoms with Crippen LogP contribution in [0.25, 0.3) is 0 Å². The van der Waals surface area contributed by atoms with Gasteiger partial charge < -0.3 is 9.47 Å². The minimum atomic E-state index is -3.49. The number of hydrogen-bond donors (Lipinski definition) is 0. The maximum atomic E-state index is 12.5. The van der Waals surface area contributed by atoms with Crippen LogP contribution in [0.15, 0.2) is 41.9 Å². The molecular weight excluding hydrogens is 290 g/mol. The molecule has 0 aliphatic carbocycles. The van der Waals surface area contributed by atoms with Crippen molar-refractivity contribution in [3.63, 3.8) is 0 Å². The van der Waals surface area contributed by atoms with Gasteiger partial charge in [0.25, 0.3) is 10.0 Å². The van der Waals surface area contributed by atoms with E-state index in [4.69, 9.17) is 0 Å². The third kappa shape index (κ3) is 2.77. The average molecular weight is 307 g/mol. The van der Waals surface area contributed by atoms with E-state index in [0.717, 1.165) is 5.82 Å². The number of aryl methyl sites for hydroxylation is 1. The van der Waals surface area contributed by atoms with Crippen molar-refractivity contribution in [1.29, 1.82) is 0 Å². The number of piperazine rings is 1. The van der Waals surface area contributed by atoms with E-state index in [2.05, 4.69) is 14.9 Å². The Hall–Kier alpha value is -1.93. The van der Waals surface area contributed by atoms with Gasteiger partial charge in [0.15, 0.2) is 5.03 Å². The summed E-state index contributed by atoms with van der Waals surface area (Å²) in [5, 5.41) is 0.108. The van der Waals surface area contributed by atoms with Gasteiger partial charge in [0.2, 0.25) is 0 Å². The van der Waals surface area contributed by atoms with E-state index < -0.39 is 10.0 Å². The smallest absolute Gasteiger partial charge is 0.262 e. The fourth-order valence-electron chi connectivity index (χ4n) is 2.35. The van der Waals surface area contributed by atoms with Crippen molar-refractivity contribution < 1.29 is 8.42 Å². The number of sulfonamides is 1. The number of hydrogen-bond acceptors (Lipinski definition) is 5. The Morgan fingerprint density at radius 3 is 2.43 bits per heavy atom. The molecule has 21 heavy (non-hydrogen) atoms. The van der Waals surface area contributed by atoms with E-state index in [1.54, 1.807) is 17.8 Å². The van der Waals surface area contributed by atoms with Crippen LogP contribution in [0, 0.1) is 0 Å². The molecule has 112 valence electrons. The normalized spacial score (nSPS) is 17.1. The van der Waals surface area contributed by atoms with Gasteiger partial charge in [-0.3, -0.25) is 0 Å². The molecule has 1 fully saturated rings. The number of pyridine rings is 1. The summed E-state index contributed by atoms with van der Waals surface area (Å²) in [5.74, 6) is 0.882. The molecule has 0 spiro atoms. The predicted molar refractivity (Wildman–Crippen MR) is 78.4 cm³/mol. The zero-order valence-corrected chi connectivity index (χ0v) is 12.6. The first-order chi connectivity index (χ1) is 10.1. The van der Waals surface area contributed by atoms with Crippen LogP contribution in [-0.4, -0.2) is 53.4 Å². The molecule has 2 aromatic rings. The standard InChI is InChI=1S/C13H17N5O2S/c1-16-10-13(15-11-16)21(19,20)18-8-6-17(7-9-18)12-4-2-3-5-14-12/h2-5,10-11H,6-9H2,1H3. The molecule has 0 N–H and O–H groups in total. The van der Waals surface area contributed by atoms with Crippen LogP contribution in [0.5, 0.6) is 0 Å². The van der Waals surface area contributed by atoms with E-state index in [-0.39, 0.29) is 5.03 Å². The lowest BCUT2D eigenvalue weighted by Gasteiger charge is -2.34. The first-order valence-corrected chi connectivity index (χ1v) is 8.15. The second kappa shape index (κ2) is 5.45. The Kier molecular flexibility index (Phi) is 3.64. The van der Waals surface area contributed by atoms with Gasteiger partial charge in [-0.15, -0.1) is 0 Å². The van der Waals surface area contributed by atoms with Crippen LogP contribution < -0.4 is 4.90 Å². The van der Waals surface area contributed by atoms with Crippen LogP contribution in [0.1, 0.15) is 0 Å². The second-order valence-corrected chi connectivity index (χ2v) is 6.84. The summed E-state index contributed by atoms with van der Waals surface area (Å²) in [7, 11) is -1.74. The molecule has 3 rings (SSSR count). The van der Waals surface area contributed by atoms with E-state index in [0.29, 0.717) is 26.2 Å². The third-order valence-corrected chi connectivity index (χ3v) is 5.28. The quantitative estimate of drug-likeness (QED) is 0.817. The summed E-state index contributed by atoms with van der Waals surface area (Å²) in [6, 6.07) is 5.73. The van der Waals surface area contributed by atoms with Crippen LogP contribution in [0.3, 0.4) is 0 Å². The molecule has 3 heterocycles. The highest BCUT2D eigenvalue weighted by atomic mass is 32.2. The maximum Gasteiger partial charge on any atom is 0.262 e. The third-order valence-electron chi connectivity index (χ3n) is 3.50. The highest BCUT2D eigenvalue weighted by molar-refractivity contribution is 7.89. The average Bonchev–Trinajstić information content (AvgIpc) is 2.96. The molecule has 0 amide bonds. The van der Waals surface area contributed by atoms with Crippen molar-refractivity contribution >= 4 is 15.8 Å². The molecule has 0 unspecified atom stereocenters. The monoisotopic (exact) mass is 307 g/mol. The minimum absolute atomic E-state index is 0.108. The zero-order valence-electron chi connectivity index (χ0n) is 11.8. The molecule has 0 atom stereocenters. The van der Waals surface area contributed by atoms with Crippen molar-refractivity contribution in [1.82, 2.24) is 18.8 Å². The van der Waals surface area contributed by atoms with Crippen molar-refractivity contribution in [2.45, 2.75) is 5.03 Å². The van der Waals surface area contributed by atoms with Crippen molar-refractivity contribution in [2.75, 3.05) is 31.1 Å². The Morgan fingerprint density at radius 2 is 1.86 bits per heavy atom. The molecule has 0 saturated carbocycles. The van der Waals surface area contributed by atoms with E-state index in [1.165, 1.54) is 16.8 Å². The molecule has 7 nitrogen and oxygen atoms in total. The topological polar surface area (TPSA) is 71.3 Å². The SMILES string of the molecule is Cn1cnc(S(=O)(=O)N2CCN(c3ccccn3)CC2)c1.